The van der Waals surface area contributed by atoms with Crippen molar-refractivity contribution in [2.24, 2.45) is 10.9 Å². The maximum atomic E-state index is 8.74. The Hall–Kier alpha value is -1.31. The molecule has 0 saturated heterocycles. The lowest BCUT2D eigenvalue weighted by Crippen LogP contribution is -2.35. The Morgan fingerprint density at radius 1 is 1.47 bits per heavy atom. The van der Waals surface area contributed by atoms with E-state index in [-0.39, 0.29) is 11.9 Å². The molecule has 0 aliphatic carbocycles. The molecule has 0 aliphatic rings. The number of anilines is 1. The highest BCUT2D eigenvalue weighted by Crippen LogP contribution is 2.35. The van der Waals surface area contributed by atoms with E-state index in [1.54, 1.807) is 6.07 Å². The number of nitrogens with one attached hydrogen (secondary N) is 1. The lowest BCUT2D eigenvalue weighted by molar-refractivity contribution is 0.316. The molecule has 1 aromatic heterocycles. The minimum atomic E-state index is -0.353. The molecule has 9 heteroatoms. The van der Waals surface area contributed by atoms with Gasteiger partial charge in [0.1, 0.15) is 11.0 Å². The van der Waals surface area contributed by atoms with E-state index in [9.17, 15) is 0 Å². The van der Waals surface area contributed by atoms with E-state index in [0.717, 1.165) is 11.7 Å². The highest BCUT2D eigenvalue weighted by Gasteiger charge is 2.18. The molecular formula is C10H11Cl2N5OS. The van der Waals surface area contributed by atoms with Gasteiger partial charge in [-0.2, -0.15) is 8.75 Å². The summed E-state index contributed by atoms with van der Waals surface area (Å²) in [4.78, 5) is 0. The number of amidine groups is 1. The van der Waals surface area contributed by atoms with Gasteiger partial charge in [-0.3, -0.25) is 0 Å². The molecule has 1 heterocycles. The molecule has 0 saturated carbocycles. The molecule has 0 amide bonds. The zero-order chi connectivity index (χ0) is 14.0. The van der Waals surface area contributed by atoms with E-state index in [1.807, 2.05) is 6.92 Å². The van der Waals surface area contributed by atoms with Gasteiger partial charge in [0, 0.05) is 0 Å². The number of aromatic nitrogens is 2. The standard InChI is InChI=1S/C10H11Cl2N5OS/c1-2-6(10(13)15-18)14-7-4(11)3-5(12)8-9(7)17-19-16-8/h3,6,14,18H,2H2,1H3,(H2,13,15). The topological polar surface area (TPSA) is 96.4 Å². The maximum absolute atomic E-state index is 8.74. The van der Waals surface area contributed by atoms with Crippen LogP contribution in [0.3, 0.4) is 0 Å². The van der Waals surface area contributed by atoms with Crippen LogP contribution < -0.4 is 11.1 Å². The zero-order valence-electron chi connectivity index (χ0n) is 9.89. The van der Waals surface area contributed by atoms with E-state index < -0.39 is 0 Å². The number of hydrogen-bond donors (Lipinski definition) is 3. The summed E-state index contributed by atoms with van der Waals surface area (Å²) in [5.41, 5.74) is 7.34. The molecule has 0 aliphatic heterocycles. The normalized spacial score (nSPS) is 13.7. The summed E-state index contributed by atoms with van der Waals surface area (Å²) in [6.45, 7) is 1.90. The molecular weight excluding hydrogens is 309 g/mol. The SMILES string of the molecule is CCC(Nc1c(Cl)cc(Cl)c2nsnc12)C(N)=NO. The lowest BCUT2D eigenvalue weighted by Gasteiger charge is -2.18. The minimum absolute atomic E-state index is 0.0739. The van der Waals surface area contributed by atoms with Crippen LogP contribution in [0.5, 0.6) is 0 Å². The van der Waals surface area contributed by atoms with Crippen molar-refractivity contribution in [1.82, 2.24) is 8.75 Å². The Bertz CT molecular complexity index is 630. The summed E-state index contributed by atoms with van der Waals surface area (Å²) in [6, 6.07) is 1.24. The van der Waals surface area contributed by atoms with Crippen LogP contribution >= 0.6 is 34.9 Å². The second kappa shape index (κ2) is 5.77. The number of halogens is 2. The highest BCUT2D eigenvalue weighted by molar-refractivity contribution is 7.00. The third-order valence-electron chi connectivity index (χ3n) is 2.64. The number of nitrogens with zero attached hydrogens (tertiary/aromatic N) is 3. The molecule has 6 nitrogen and oxygen atoms in total. The molecule has 0 radical (unpaired) electrons. The largest absolute Gasteiger partial charge is 0.409 e. The Balaban J connectivity index is 2.48. The van der Waals surface area contributed by atoms with Gasteiger partial charge >= 0.3 is 0 Å². The number of fused-ring (bicyclic) bond motifs is 1. The van der Waals surface area contributed by atoms with E-state index in [2.05, 4.69) is 19.2 Å². The number of benzene rings is 1. The van der Waals surface area contributed by atoms with Crippen LogP contribution in [0.2, 0.25) is 10.0 Å². The predicted molar refractivity (Wildman–Crippen MR) is 78.5 cm³/mol. The average molecular weight is 320 g/mol. The van der Waals surface area contributed by atoms with Crippen LogP contribution in [0, 0.1) is 0 Å². The predicted octanol–water partition coefficient (Wildman–Crippen LogP) is 2.93. The van der Waals surface area contributed by atoms with Crippen molar-refractivity contribution in [3.63, 3.8) is 0 Å². The van der Waals surface area contributed by atoms with Crippen molar-refractivity contribution in [2.75, 3.05) is 5.32 Å². The van der Waals surface area contributed by atoms with Crippen LogP contribution in [0.15, 0.2) is 11.2 Å². The van der Waals surface area contributed by atoms with Crippen LogP contribution in [-0.2, 0) is 0 Å². The Morgan fingerprint density at radius 3 is 2.79 bits per heavy atom. The molecule has 1 unspecified atom stereocenters. The summed E-state index contributed by atoms with van der Waals surface area (Å²) >= 11 is 13.2. The Labute approximate surface area is 123 Å². The van der Waals surface area contributed by atoms with E-state index in [0.29, 0.717) is 33.2 Å². The van der Waals surface area contributed by atoms with Gasteiger partial charge in [0.25, 0.3) is 0 Å². The van der Waals surface area contributed by atoms with Gasteiger partial charge in [-0.25, -0.2) is 0 Å². The summed E-state index contributed by atoms with van der Waals surface area (Å²) in [5, 5.41) is 15.7. The van der Waals surface area contributed by atoms with Crippen molar-refractivity contribution in [2.45, 2.75) is 19.4 Å². The first-order chi connectivity index (χ1) is 9.08. The van der Waals surface area contributed by atoms with E-state index in [1.165, 1.54) is 0 Å². The van der Waals surface area contributed by atoms with Gasteiger partial charge in [-0.15, -0.1) is 0 Å². The molecule has 1 atom stereocenters. The smallest absolute Gasteiger partial charge is 0.161 e. The van der Waals surface area contributed by atoms with Gasteiger partial charge in [0.05, 0.1) is 33.5 Å². The van der Waals surface area contributed by atoms with E-state index in [4.69, 9.17) is 34.1 Å². The van der Waals surface area contributed by atoms with E-state index >= 15 is 0 Å². The van der Waals surface area contributed by atoms with Crippen LogP contribution in [0.1, 0.15) is 13.3 Å². The first-order valence-corrected chi connectivity index (χ1v) is 6.91. The summed E-state index contributed by atoms with van der Waals surface area (Å²) in [7, 11) is 0. The fraction of sp³-hybridized carbons (Fsp3) is 0.300. The number of hydrogen-bond acceptors (Lipinski definition) is 6. The third kappa shape index (κ3) is 2.68. The number of nitrogens with two attached hydrogens (primary N) is 1. The van der Waals surface area contributed by atoms with Crippen molar-refractivity contribution in [3.8, 4) is 0 Å². The average Bonchev–Trinajstić information content (AvgIpc) is 2.87. The second-order valence-electron chi connectivity index (χ2n) is 3.81. The number of oxime groups is 1. The molecule has 0 bridgehead atoms. The zero-order valence-corrected chi connectivity index (χ0v) is 12.2. The maximum Gasteiger partial charge on any atom is 0.161 e. The minimum Gasteiger partial charge on any atom is -0.409 e. The first kappa shape index (κ1) is 14.1. The molecule has 19 heavy (non-hydrogen) atoms. The van der Waals surface area contributed by atoms with Crippen molar-refractivity contribution in [1.29, 1.82) is 0 Å². The van der Waals surface area contributed by atoms with Gasteiger partial charge in [-0.05, 0) is 12.5 Å². The molecule has 2 aromatic rings. The first-order valence-electron chi connectivity index (χ1n) is 5.42. The monoisotopic (exact) mass is 319 g/mol. The fourth-order valence-corrected chi connectivity index (χ4v) is 2.81. The van der Waals surface area contributed by atoms with Crippen LogP contribution in [0.4, 0.5) is 5.69 Å². The quantitative estimate of drug-likeness (QED) is 0.348. The van der Waals surface area contributed by atoms with Crippen molar-refractivity contribution >= 4 is 57.5 Å². The highest BCUT2D eigenvalue weighted by atomic mass is 35.5. The number of rotatable bonds is 4. The summed E-state index contributed by atoms with van der Waals surface area (Å²) < 4.78 is 8.28. The molecule has 1 aromatic carbocycles. The molecule has 0 fully saturated rings. The fourth-order valence-electron chi connectivity index (χ4n) is 1.64. The van der Waals surface area contributed by atoms with Gasteiger partial charge in [0.15, 0.2) is 5.84 Å². The Morgan fingerprint density at radius 2 is 2.16 bits per heavy atom. The van der Waals surface area contributed by atoms with Crippen LogP contribution in [-0.4, -0.2) is 25.8 Å². The lowest BCUT2D eigenvalue weighted by atomic mass is 10.1. The third-order valence-corrected chi connectivity index (χ3v) is 3.76. The van der Waals surface area contributed by atoms with Gasteiger partial charge < -0.3 is 16.3 Å². The van der Waals surface area contributed by atoms with Crippen LogP contribution in [0.25, 0.3) is 11.0 Å². The van der Waals surface area contributed by atoms with Crippen molar-refractivity contribution in [3.05, 3.63) is 16.1 Å². The van der Waals surface area contributed by atoms with Gasteiger partial charge in [0.2, 0.25) is 0 Å². The molecule has 0 spiro atoms. The summed E-state index contributed by atoms with van der Waals surface area (Å²) in [5.74, 6) is 0.0739. The van der Waals surface area contributed by atoms with Gasteiger partial charge in [-0.1, -0.05) is 35.3 Å². The molecule has 2 rings (SSSR count). The summed E-state index contributed by atoms with van der Waals surface area (Å²) in [6.07, 6.45) is 0.619. The van der Waals surface area contributed by atoms with Crippen molar-refractivity contribution < 1.29 is 5.21 Å². The molecule has 102 valence electrons. The molecule has 4 N–H and O–H groups in total. The second-order valence-corrected chi connectivity index (χ2v) is 5.15. The Kier molecular flexibility index (Phi) is 4.28.